The number of rotatable bonds is 5. The molecule has 0 saturated carbocycles. The molecule has 2 aromatic carbocycles. The van der Waals surface area contributed by atoms with Crippen LogP contribution in [-0.2, 0) is 11.2 Å². The maximum atomic E-state index is 12.1. The molecule has 1 aliphatic rings. The van der Waals surface area contributed by atoms with Crippen molar-refractivity contribution in [2.24, 2.45) is 0 Å². The molecule has 5 heteroatoms. The number of ketones is 1. The van der Waals surface area contributed by atoms with E-state index in [2.05, 4.69) is 5.32 Å². The van der Waals surface area contributed by atoms with Gasteiger partial charge < -0.3 is 14.8 Å². The van der Waals surface area contributed by atoms with Crippen LogP contribution in [0.1, 0.15) is 36.7 Å². The summed E-state index contributed by atoms with van der Waals surface area (Å²) in [6.45, 7) is 5.43. The molecule has 25 heavy (non-hydrogen) atoms. The summed E-state index contributed by atoms with van der Waals surface area (Å²) >= 11 is 0. The fraction of sp³-hybridized carbons (Fsp3) is 0.300. The molecule has 1 amide bonds. The van der Waals surface area contributed by atoms with Crippen LogP contribution in [0.3, 0.4) is 0 Å². The van der Waals surface area contributed by atoms with Gasteiger partial charge in [-0.05, 0) is 51.1 Å². The molecule has 3 rings (SSSR count). The maximum absolute atomic E-state index is 12.1. The Kier molecular flexibility index (Phi) is 4.49. The topological polar surface area (TPSA) is 64.6 Å². The van der Waals surface area contributed by atoms with Crippen molar-refractivity contribution in [2.45, 2.75) is 32.8 Å². The molecule has 0 saturated heterocycles. The number of amides is 1. The molecule has 1 aliphatic heterocycles. The van der Waals surface area contributed by atoms with E-state index in [1.807, 2.05) is 26.0 Å². The molecule has 0 spiro atoms. The molecule has 0 radical (unpaired) electrons. The lowest BCUT2D eigenvalue weighted by Gasteiger charge is -2.18. The number of nitrogens with one attached hydrogen (secondary N) is 1. The first-order valence-electron chi connectivity index (χ1n) is 8.19. The number of hydrogen-bond acceptors (Lipinski definition) is 4. The van der Waals surface area contributed by atoms with Gasteiger partial charge in [0.15, 0.2) is 23.9 Å². The average molecular weight is 339 g/mol. The minimum absolute atomic E-state index is 0.0120. The third-order valence-corrected chi connectivity index (χ3v) is 3.99. The molecule has 0 atom stereocenters. The first-order chi connectivity index (χ1) is 11.8. The largest absolute Gasteiger partial charge is 0.483 e. The number of carbonyl (C=O) groups excluding carboxylic acids is 2. The molecule has 130 valence electrons. The summed E-state index contributed by atoms with van der Waals surface area (Å²) in [7, 11) is 0. The number of Topliss-reactive ketones (excluding diaryl/α,β-unsaturated/α-hetero) is 1. The van der Waals surface area contributed by atoms with Gasteiger partial charge in [0.2, 0.25) is 0 Å². The number of para-hydroxylation sites is 1. The molecule has 5 nitrogen and oxygen atoms in total. The molecule has 2 aromatic rings. The van der Waals surface area contributed by atoms with Gasteiger partial charge in [0.25, 0.3) is 5.91 Å². The van der Waals surface area contributed by atoms with Gasteiger partial charge in [-0.2, -0.15) is 0 Å². The van der Waals surface area contributed by atoms with E-state index in [0.717, 1.165) is 12.0 Å². The predicted molar refractivity (Wildman–Crippen MR) is 95.4 cm³/mol. The van der Waals surface area contributed by atoms with Crippen LogP contribution in [0.4, 0.5) is 5.69 Å². The lowest BCUT2D eigenvalue weighted by Crippen LogP contribution is -2.25. The molecule has 0 unspecified atom stereocenters. The number of anilines is 1. The Balaban J connectivity index is 1.60. The summed E-state index contributed by atoms with van der Waals surface area (Å²) in [6, 6.07) is 12.5. The van der Waals surface area contributed by atoms with Gasteiger partial charge in [0, 0.05) is 23.2 Å². The van der Waals surface area contributed by atoms with E-state index in [4.69, 9.17) is 9.47 Å². The summed E-state index contributed by atoms with van der Waals surface area (Å²) in [5.74, 6) is 1.00. The van der Waals surface area contributed by atoms with Crippen molar-refractivity contribution in [3.05, 3.63) is 53.6 Å². The molecule has 0 bridgehead atoms. The van der Waals surface area contributed by atoms with Gasteiger partial charge >= 0.3 is 0 Å². The van der Waals surface area contributed by atoms with Crippen LogP contribution < -0.4 is 14.8 Å². The number of fused-ring (bicyclic) bond motifs is 1. The number of carbonyl (C=O) groups is 2. The number of hydrogen-bond donors (Lipinski definition) is 1. The first-order valence-corrected chi connectivity index (χ1v) is 8.19. The van der Waals surface area contributed by atoms with Crippen LogP contribution in [-0.4, -0.2) is 23.9 Å². The van der Waals surface area contributed by atoms with Gasteiger partial charge in [-0.3, -0.25) is 9.59 Å². The summed E-state index contributed by atoms with van der Waals surface area (Å²) in [6.07, 6.45) is 0.814. The molecule has 0 aliphatic carbocycles. The Labute approximate surface area is 147 Å². The van der Waals surface area contributed by atoms with Gasteiger partial charge in [-0.25, -0.2) is 0 Å². The molecular weight excluding hydrogens is 318 g/mol. The lowest BCUT2D eigenvalue weighted by molar-refractivity contribution is -0.118. The molecule has 0 aromatic heterocycles. The maximum Gasteiger partial charge on any atom is 0.262 e. The smallest absolute Gasteiger partial charge is 0.262 e. The van der Waals surface area contributed by atoms with Gasteiger partial charge in [0.05, 0.1) is 0 Å². The standard InChI is InChI=1S/C20H21NO4/c1-13(22)14-7-9-16(10-8-14)21-18(23)12-24-17-6-4-5-15-11-20(2,3)25-19(15)17/h4-10H,11-12H2,1-3H3,(H,21,23). The predicted octanol–water partition coefficient (Wildman–Crippen LogP) is 3.62. The van der Waals surface area contributed by atoms with Gasteiger partial charge in [-0.1, -0.05) is 12.1 Å². The Morgan fingerprint density at radius 1 is 1.16 bits per heavy atom. The molecular formula is C20H21NO4. The van der Waals surface area contributed by atoms with Crippen molar-refractivity contribution in [2.75, 3.05) is 11.9 Å². The van der Waals surface area contributed by atoms with Crippen LogP contribution in [0.25, 0.3) is 0 Å². The van der Waals surface area contributed by atoms with Crippen molar-refractivity contribution in [1.29, 1.82) is 0 Å². The Morgan fingerprint density at radius 3 is 2.56 bits per heavy atom. The SMILES string of the molecule is CC(=O)c1ccc(NC(=O)COc2cccc3c2OC(C)(C)C3)cc1. The van der Waals surface area contributed by atoms with E-state index >= 15 is 0 Å². The second-order valence-corrected chi connectivity index (χ2v) is 6.75. The number of benzene rings is 2. The van der Waals surface area contributed by atoms with Crippen molar-refractivity contribution in [3.63, 3.8) is 0 Å². The van der Waals surface area contributed by atoms with Crippen molar-refractivity contribution in [3.8, 4) is 11.5 Å². The molecule has 0 fully saturated rings. The second kappa shape index (κ2) is 6.59. The van der Waals surface area contributed by atoms with Crippen molar-refractivity contribution >= 4 is 17.4 Å². The van der Waals surface area contributed by atoms with Crippen LogP contribution in [0.2, 0.25) is 0 Å². The fourth-order valence-corrected chi connectivity index (χ4v) is 2.83. The van der Waals surface area contributed by atoms with Crippen molar-refractivity contribution < 1.29 is 19.1 Å². The highest BCUT2D eigenvalue weighted by molar-refractivity contribution is 5.95. The highest BCUT2D eigenvalue weighted by Crippen LogP contribution is 2.41. The minimum Gasteiger partial charge on any atom is -0.483 e. The third-order valence-electron chi connectivity index (χ3n) is 3.99. The van der Waals surface area contributed by atoms with Crippen molar-refractivity contribution in [1.82, 2.24) is 0 Å². The quantitative estimate of drug-likeness (QED) is 0.845. The fourth-order valence-electron chi connectivity index (χ4n) is 2.83. The highest BCUT2D eigenvalue weighted by atomic mass is 16.5. The van der Waals surface area contributed by atoms with Crippen LogP contribution >= 0.6 is 0 Å². The molecule has 1 N–H and O–H groups in total. The monoisotopic (exact) mass is 339 g/mol. The zero-order valence-corrected chi connectivity index (χ0v) is 14.6. The normalized spacial score (nSPS) is 14.4. The Hall–Kier alpha value is -2.82. The first kappa shape index (κ1) is 17.0. The van der Waals surface area contributed by atoms with E-state index in [1.165, 1.54) is 6.92 Å². The van der Waals surface area contributed by atoms with E-state index in [1.54, 1.807) is 30.3 Å². The zero-order valence-electron chi connectivity index (χ0n) is 14.6. The Morgan fingerprint density at radius 2 is 1.88 bits per heavy atom. The zero-order chi connectivity index (χ0) is 18.0. The van der Waals surface area contributed by atoms with Gasteiger partial charge in [0.1, 0.15) is 5.60 Å². The van der Waals surface area contributed by atoms with E-state index in [0.29, 0.717) is 22.7 Å². The molecule has 1 heterocycles. The highest BCUT2D eigenvalue weighted by Gasteiger charge is 2.32. The summed E-state index contributed by atoms with van der Waals surface area (Å²) < 4.78 is 11.6. The summed E-state index contributed by atoms with van der Waals surface area (Å²) in [5.41, 5.74) is 2.05. The Bertz CT molecular complexity index is 809. The second-order valence-electron chi connectivity index (χ2n) is 6.75. The van der Waals surface area contributed by atoms with Crippen LogP contribution in [0.15, 0.2) is 42.5 Å². The van der Waals surface area contributed by atoms with Crippen LogP contribution in [0.5, 0.6) is 11.5 Å². The third kappa shape index (κ3) is 3.99. The summed E-state index contributed by atoms with van der Waals surface area (Å²) in [4.78, 5) is 23.3. The van der Waals surface area contributed by atoms with E-state index < -0.39 is 0 Å². The minimum atomic E-state index is -0.273. The summed E-state index contributed by atoms with van der Waals surface area (Å²) in [5, 5.41) is 2.75. The van der Waals surface area contributed by atoms with E-state index in [9.17, 15) is 9.59 Å². The van der Waals surface area contributed by atoms with Gasteiger partial charge in [-0.15, -0.1) is 0 Å². The average Bonchev–Trinajstić information content (AvgIpc) is 2.87. The number of ether oxygens (including phenoxy) is 2. The van der Waals surface area contributed by atoms with Crippen LogP contribution in [0, 0.1) is 0 Å². The van der Waals surface area contributed by atoms with E-state index in [-0.39, 0.29) is 23.9 Å². The lowest BCUT2D eigenvalue weighted by atomic mass is 10.0.